The van der Waals surface area contributed by atoms with E-state index < -0.39 is 5.97 Å². The number of carboxylic acid groups (broad SMARTS) is 1. The molecule has 100 valence electrons. The summed E-state index contributed by atoms with van der Waals surface area (Å²) < 4.78 is 0. The molecule has 0 spiro atoms. The molecule has 0 fully saturated rings. The first-order valence-electron chi connectivity index (χ1n) is 6.58. The Balaban J connectivity index is 2.76. The van der Waals surface area contributed by atoms with Crippen LogP contribution in [0.4, 0.5) is 5.69 Å². The SMILES string of the molecule is CCCN(CCCC(=O)O)c1cc(C)ccc1C. The minimum Gasteiger partial charge on any atom is -0.481 e. The van der Waals surface area contributed by atoms with Crippen molar-refractivity contribution in [2.24, 2.45) is 0 Å². The highest BCUT2D eigenvalue weighted by molar-refractivity contribution is 5.66. The van der Waals surface area contributed by atoms with Gasteiger partial charge in [0.05, 0.1) is 0 Å². The second-order valence-corrected chi connectivity index (χ2v) is 4.77. The summed E-state index contributed by atoms with van der Waals surface area (Å²) in [6.45, 7) is 8.13. The van der Waals surface area contributed by atoms with E-state index in [0.717, 1.165) is 19.5 Å². The summed E-state index contributed by atoms with van der Waals surface area (Å²) in [5.74, 6) is -0.715. The number of rotatable bonds is 7. The molecular formula is C15H23NO2. The molecule has 1 aromatic carbocycles. The maximum atomic E-state index is 10.6. The van der Waals surface area contributed by atoms with E-state index >= 15 is 0 Å². The van der Waals surface area contributed by atoms with Gasteiger partial charge in [-0.25, -0.2) is 0 Å². The highest BCUT2D eigenvalue weighted by atomic mass is 16.4. The molecule has 1 N–H and O–H groups in total. The van der Waals surface area contributed by atoms with Gasteiger partial charge in [0.2, 0.25) is 0 Å². The van der Waals surface area contributed by atoms with Crippen molar-refractivity contribution in [3.05, 3.63) is 29.3 Å². The van der Waals surface area contributed by atoms with E-state index in [1.165, 1.54) is 16.8 Å². The average molecular weight is 249 g/mol. The summed E-state index contributed by atoms with van der Waals surface area (Å²) >= 11 is 0. The third-order valence-corrected chi connectivity index (χ3v) is 3.02. The number of aryl methyl sites for hydroxylation is 2. The van der Waals surface area contributed by atoms with Crippen molar-refractivity contribution >= 4 is 11.7 Å². The molecule has 0 unspecified atom stereocenters. The van der Waals surface area contributed by atoms with Crippen LogP contribution in [-0.4, -0.2) is 24.2 Å². The van der Waals surface area contributed by atoms with Crippen LogP contribution in [0, 0.1) is 13.8 Å². The van der Waals surface area contributed by atoms with Gasteiger partial charge in [-0.05, 0) is 43.9 Å². The fourth-order valence-corrected chi connectivity index (χ4v) is 2.10. The Morgan fingerprint density at radius 2 is 2.00 bits per heavy atom. The molecule has 0 aliphatic heterocycles. The van der Waals surface area contributed by atoms with Gasteiger partial charge in [0.25, 0.3) is 0 Å². The summed E-state index contributed by atoms with van der Waals surface area (Å²) in [4.78, 5) is 12.9. The molecule has 0 saturated carbocycles. The average Bonchev–Trinajstić information content (AvgIpc) is 2.31. The van der Waals surface area contributed by atoms with Gasteiger partial charge in [0.1, 0.15) is 0 Å². The Bertz CT molecular complexity index is 401. The lowest BCUT2D eigenvalue weighted by atomic mass is 10.1. The maximum absolute atomic E-state index is 10.6. The van der Waals surface area contributed by atoms with Gasteiger partial charge in [-0.2, -0.15) is 0 Å². The number of carbonyl (C=O) groups is 1. The van der Waals surface area contributed by atoms with Crippen LogP contribution in [0.2, 0.25) is 0 Å². The van der Waals surface area contributed by atoms with Gasteiger partial charge in [0.15, 0.2) is 0 Å². The van der Waals surface area contributed by atoms with Gasteiger partial charge in [-0.3, -0.25) is 4.79 Å². The molecule has 18 heavy (non-hydrogen) atoms. The van der Waals surface area contributed by atoms with Crippen molar-refractivity contribution < 1.29 is 9.90 Å². The molecule has 1 aromatic rings. The summed E-state index contributed by atoms with van der Waals surface area (Å²) in [7, 11) is 0. The van der Waals surface area contributed by atoms with Crippen LogP contribution < -0.4 is 4.90 Å². The molecule has 3 nitrogen and oxygen atoms in total. The van der Waals surface area contributed by atoms with Crippen LogP contribution in [0.1, 0.15) is 37.3 Å². The largest absolute Gasteiger partial charge is 0.481 e. The van der Waals surface area contributed by atoms with Gasteiger partial charge in [-0.1, -0.05) is 19.1 Å². The predicted molar refractivity (Wildman–Crippen MR) is 75.3 cm³/mol. The molecule has 0 radical (unpaired) electrons. The van der Waals surface area contributed by atoms with Gasteiger partial charge < -0.3 is 10.0 Å². The Labute approximate surface area is 109 Å². The normalized spacial score (nSPS) is 10.4. The molecule has 0 atom stereocenters. The second kappa shape index (κ2) is 7.04. The Kier molecular flexibility index (Phi) is 5.69. The molecule has 3 heteroatoms. The molecule has 1 rings (SSSR count). The van der Waals surface area contributed by atoms with Crippen LogP contribution in [0.5, 0.6) is 0 Å². The monoisotopic (exact) mass is 249 g/mol. The zero-order valence-electron chi connectivity index (χ0n) is 11.6. The number of hydrogen-bond acceptors (Lipinski definition) is 2. The lowest BCUT2D eigenvalue weighted by molar-refractivity contribution is -0.137. The molecule has 0 aliphatic rings. The van der Waals surface area contributed by atoms with E-state index in [-0.39, 0.29) is 6.42 Å². The Morgan fingerprint density at radius 3 is 2.61 bits per heavy atom. The molecular weight excluding hydrogens is 226 g/mol. The van der Waals surface area contributed by atoms with E-state index in [2.05, 4.69) is 43.9 Å². The number of aliphatic carboxylic acids is 1. The molecule has 0 aliphatic carbocycles. The summed E-state index contributed by atoms with van der Waals surface area (Å²) in [6, 6.07) is 6.43. The number of anilines is 1. The lowest BCUT2D eigenvalue weighted by Gasteiger charge is -2.26. The second-order valence-electron chi connectivity index (χ2n) is 4.77. The minimum atomic E-state index is -0.715. The first-order valence-corrected chi connectivity index (χ1v) is 6.58. The molecule has 0 saturated heterocycles. The van der Waals surface area contributed by atoms with Gasteiger partial charge >= 0.3 is 5.97 Å². The van der Waals surface area contributed by atoms with Crippen molar-refractivity contribution in [1.29, 1.82) is 0 Å². The van der Waals surface area contributed by atoms with Crippen LogP contribution in [0.15, 0.2) is 18.2 Å². The van der Waals surface area contributed by atoms with Crippen molar-refractivity contribution in [2.45, 2.75) is 40.0 Å². The molecule has 0 heterocycles. The van der Waals surface area contributed by atoms with E-state index in [1.54, 1.807) is 0 Å². The van der Waals surface area contributed by atoms with Crippen molar-refractivity contribution in [1.82, 2.24) is 0 Å². The van der Waals surface area contributed by atoms with Crippen LogP contribution in [-0.2, 0) is 4.79 Å². The van der Waals surface area contributed by atoms with Crippen molar-refractivity contribution in [3.8, 4) is 0 Å². The van der Waals surface area contributed by atoms with E-state index in [1.807, 2.05) is 0 Å². The zero-order chi connectivity index (χ0) is 13.5. The Morgan fingerprint density at radius 1 is 1.28 bits per heavy atom. The standard InChI is InChI=1S/C15H23NO2/c1-4-9-16(10-5-6-15(17)18)14-11-12(2)7-8-13(14)3/h7-8,11H,4-6,9-10H2,1-3H3,(H,17,18). The maximum Gasteiger partial charge on any atom is 0.303 e. The number of nitrogens with zero attached hydrogens (tertiary/aromatic N) is 1. The zero-order valence-corrected chi connectivity index (χ0v) is 11.6. The molecule has 0 aromatic heterocycles. The highest BCUT2D eigenvalue weighted by Gasteiger charge is 2.09. The third kappa shape index (κ3) is 4.40. The lowest BCUT2D eigenvalue weighted by Crippen LogP contribution is -2.26. The third-order valence-electron chi connectivity index (χ3n) is 3.02. The first kappa shape index (κ1) is 14.6. The first-order chi connectivity index (χ1) is 8.54. The van der Waals surface area contributed by atoms with Crippen LogP contribution in [0.3, 0.4) is 0 Å². The van der Waals surface area contributed by atoms with E-state index in [4.69, 9.17) is 5.11 Å². The van der Waals surface area contributed by atoms with E-state index in [9.17, 15) is 4.79 Å². The van der Waals surface area contributed by atoms with Crippen LogP contribution >= 0.6 is 0 Å². The fraction of sp³-hybridized carbons (Fsp3) is 0.533. The van der Waals surface area contributed by atoms with E-state index in [0.29, 0.717) is 6.42 Å². The predicted octanol–water partition coefficient (Wildman–Crippen LogP) is 3.38. The summed E-state index contributed by atoms with van der Waals surface area (Å²) in [5, 5.41) is 8.71. The fourth-order valence-electron chi connectivity index (χ4n) is 2.10. The number of hydrogen-bond donors (Lipinski definition) is 1. The summed E-state index contributed by atoms with van der Waals surface area (Å²) in [5.41, 5.74) is 3.74. The quantitative estimate of drug-likeness (QED) is 0.805. The number of benzene rings is 1. The Hall–Kier alpha value is -1.51. The highest BCUT2D eigenvalue weighted by Crippen LogP contribution is 2.22. The van der Waals surface area contributed by atoms with Crippen molar-refractivity contribution in [3.63, 3.8) is 0 Å². The topological polar surface area (TPSA) is 40.5 Å². The van der Waals surface area contributed by atoms with Crippen molar-refractivity contribution in [2.75, 3.05) is 18.0 Å². The summed E-state index contributed by atoms with van der Waals surface area (Å²) in [6.07, 6.45) is 2.01. The molecule has 0 bridgehead atoms. The van der Waals surface area contributed by atoms with Crippen LogP contribution in [0.25, 0.3) is 0 Å². The number of carboxylic acids is 1. The smallest absolute Gasteiger partial charge is 0.303 e. The molecule has 0 amide bonds. The van der Waals surface area contributed by atoms with Gasteiger partial charge in [-0.15, -0.1) is 0 Å². The van der Waals surface area contributed by atoms with Gasteiger partial charge in [0, 0.05) is 25.2 Å². The minimum absolute atomic E-state index is 0.241.